The molecule has 0 spiro atoms. The van der Waals surface area contributed by atoms with E-state index in [1.54, 1.807) is 0 Å². The van der Waals surface area contributed by atoms with Crippen LogP contribution in [0.3, 0.4) is 0 Å². The number of ketones is 1. The van der Waals surface area contributed by atoms with Gasteiger partial charge in [0.25, 0.3) is 0 Å². The molecule has 0 aliphatic carbocycles. The molecule has 0 N–H and O–H groups in total. The highest BCUT2D eigenvalue weighted by molar-refractivity contribution is 7.99. The summed E-state index contributed by atoms with van der Waals surface area (Å²) >= 11 is 1.88. The normalized spacial score (nSPS) is 19.5. The van der Waals surface area contributed by atoms with Crippen molar-refractivity contribution in [1.82, 2.24) is 9.78 Å². The van der Waals surface area contributed by atoms with E-state index in [-0.39, 0.29) is 5.92 Å². The molecule has 3 rings (SSSR count). The fourth-order valence-corrected chi connectivity index (χ4v) is 3.77. The van der Waals surface area contributed by atoms with Gasteiger partial charge < -0.3 is 0 Å². The van der Waals surface area contributed by atoms with Crippen molar-refractivity contribution in [2.75, 3.05) is 11.5 Å². The first-order valence-electron chi connectivity index (χ1n) is 6.27. The van der Waals surface area contributed by atoms with Gasteiger partial charge in [0.05, 0.1) is 17.6 Å². The molecule has 3 nitrogen and oxygen atoms in total. The molecular weight excluding hydrogens is 244 g/mol. The number of carbonyl (C=O) groups excluding carboxylic acids is 1. The molecule has 1 aliphatic rings. The van der Waals surface area contributed by atoms with Crippen molar-refractivity contribution in [2.24, 2.45) is 13.0 Å². The minimum Gasteiger partial charge on any atom is -0.299 e. The van der Waals surface area contributed by atoms with Gasteiger partial charge in [0.1, 0.15) is 5.78 Å². The summed E-state index contributed by atoms with van der Waals surface area (Å²) in [5.74, 6) is 2.71. The van der Waals surface area contributed by atoms with Crippen LogP contribution in [-0.2, 0) is 18.3 Å². The number of fused-ring (bicyclic) bond motifs is 1. The third-order valence-corrected chi connectivity index (χ3v) is 4.72. The SMILES string of the molecule is Cn1nc(CC(=O)C2CCSC2)c2ccccc21. The van der Waals surface area contributed by atoms with Crippen LogP contribution in [0.2, 0.25) is 0 Å². The van der Waals surface area contributed by atoms with Crippen molar-refractivity contribution in [3.05, 3.63) is 30.0 Å². The standard InChI is InChI=1S/C14H16N2OS/c1-16-13-5-3-2-4-11(13)12(15-16)8-14(17)10-6-7-18-9-10/h2-5,10H,6-9H2,1H3. The van der Waals surface area contributed by atoms with Crippen molar-refractivity contribution >= 4 is 28.4 Å². The van der Waals surface area contributed by atoms with Crippen molar-refractivity contribution in [1.29, 1.82) is 0 Å². The lowest BCUT2D eigenvalue weighted by Crippen LogP contribution is -2.16. The van der Waals surface area contributed by atoms with E-state index in [2.05, 4.69) is 5.10 Å². The highest BCUT2D eigenvalue weighted by atomic mass is 32.2. The first-order valence-corrected chi connectivity index (χ1v) is 7.42. The second-order valence-electron chi connectivity index (χ2n) is 4.79. The Morgan fingerprint density at radius 2 is 2.33 bits per heavy atom. The number of hydrogen-bond acceptors (Lipinski definition) is 3. The van der Waals surface area contributed by atoms with Crippen molar-refractivity contribution in [2.45, 2.75) is 12.8 Å². The predicted molar refractivity (Wildman–Crippen MR) is 74.9 cm³/mol. The molecular formula is C14H16N2OS. The van der Waals surface area contributed by atoms with Crippen molar-refractivity contribution < 1.29 is 4.79 Å². The topological polar surface area (TPSA) is 34.9 Å². The molecule has 94 valence electrons. The van der Waals surface area contributed by atoms with Crippen LogP contribution in [0.4, 0.5) is 0 Å². The quantitative estimate of drug-likeness (QED) is 0.850. The zero-order chi connectivity index (χ0) is 12.5. The second-order valence-corrected chi connectivity index (χ2v) is 5.94. The van der Waals surface area contributed by atoms with Crippen LogP contribution in [0, 0.1) is 5.92 Å². The van der Waals surface area contributed by atoms with Crippen LogP contribution in [0.25, 0.3) is 10.9 Å². The molecule has 0 saturated carbocycles. The minimum atomic E-state index is 0.246. The maximum Gasteiger partial charge on any atom is 0.142 e. The van der Waals surface area contributed by atoms with Crippen molar-refractivity contribution in [3.63, 3.8) is 0 Å². The van der Waals surface area contributed by atoms with Gasteiger partial charge in [-0.3, -0.25) is 9.48 Å². The summed E-state index contributed by atoms with van der Waals surface area (Å²) in [5.41, 5.74) is 2.02. The first kappa shape index (κ1) is 11.8. The van der Waals surface area contributed by atoms with Gasteiger partial charge in [0, 0.05) is 24.1 Å². The molecule has 1 aliphatic heterocycles. The summed E-state index contributed by atoms with van der Waals surface area (Å²) in [6.07, 6.45) is 1.51. The van der Waals surface area contributed by atoms with Gasteiger partial charge in [0.15, 0.2) is 0 Å². The lowest BCUT2D eigenvalue weighted by Gasteiger charge is -2.05. The third-order valence-electron chi connectivity index (χ3n) is 3.56. The van der Waals surface area contributed by atoms with Crippen LogP contribution < -0.4 is 0 Å². The highest BCUT2D eigenvalue weighted by Crippen LogP contribution is 2.26. The van der Waals surface area contributed by atoms with E-state index in [0.717, 1.165) is 34.5 Å². The average molecular weight is 260 g/mol. The monoisotopic (exact) mass is 260 g/mol. The predicted octanol–water partition coefficient (Wildman–Crippen LogP) is 2.44. The summed E-state index contributed by atoms with van der Waals surface area (Å²) < 4.78 is 1.86. The summed E-state index contributed by atoms with van der Waals surface area (Å²) in [4.78, 5) is 12.2. The molecule has 1 unspecified atom stereocenters. The van der Waals surface area contributed by atoms with Crippen LogP contribution in [-0.4, -0.2) is 27.1 Å². The minimum absolute atomic E-state index is 0.246. The molecule has 1 saturated heterocycles. The summed E-state index contributed by atoms with van der Waals surface area (Å²) in [5, 5.41) is 5.60. The lowest BCUT2D eigenvalue weighted by molar-refractivity contribution is -0.121. The molecule has 0 bridgehead atoms. The van der Waals surface area contributed by atoms with Crippen molar-refractivity contribution in [3.8, 4) is 0 Å². The van der Waals surface area contributed by atoms with Gasteiger partial charge in [-0.25, -0.2) is 0 Å². The number of rotatable bonds is 3. The summed E-state index contributed by atoms with van der Waals surface area (Å²) in [6, 6.07) is 8.10. The molecule has 1 aromatic carbocycles. The number of Topliss-reactive ketones (excluding diaryl/α,β-unsaturated/α-hetero) is 1. The van der Waals surface area contributed by atoms with E-state index >= 15 is 0 Å². The van der Waals surface area contributed by atoms with Gasteiger partial charge in [0.2, 0.25) is 0 Å². The number of aromatic nitrogens is 2. The Morgan fingerprint density at radius 1 is 1.50 bits per heavy atom. The molecule has 2 heterocycles. The average Bonchev–Trinajstić information content (AvgIpc) is 3.00. The van der Waals surface area contributed by atoms with Crippen LogP contribution >= 0.6 is 11.8 Å². The zero-order valence-electron chi connectivity index (χ0n) is 10.4. The van der Waals surface area contributed by atoms with Gasteiger partial charge in [-0.1, -0.05) is 18.2 Å². The number of aryl methyl sites for hydroxylation is 1. The summed E-state index contributed by atoms with van der Waals surface area (Å²) in [7, 11) is 1.93. The smallest absolute Gasteiger partial charge is 0.142 e. The van der Waals surface area contributed by atoms with Crippen LogP contribution in [0.1, 0.15) is 12.1 Å². The van der Waals surface area contributed by atoms with E-state index < -0.39 is 0 Å². The lowest BCUT2D eigenvalue weighted by atomic mass is 9.99. The fourth-order valence-electron chi connectivity index (χ4n) is 2.52. The van der Waals surface area contributed by atoms with Gasteiger partial charge in [-0.2, -0.15) is 16.9 Å². The molecule has 4 heteroatoms. The molecule has 0 amide bonds. The highest BCUT2D eigenvalue weighted by Gasteiger charge is 2.24. The van der Waals surface area contributed by atoms with Gasteiger partial charge >= 0.3 is 0 Å². The molecule has 1 fully saturated rings. The largest absolute Gasteiger partial charge is 0.299 e. The zero-order valence-corrected chi connectivity index (χ0v) is 11.2. The van der Waals surface area contributed by atoms with E-state index in [4.69, 9.17) is 0 Å². The Balaban J connectivity index is 1.88. The summed E-state index contributed by atoms with van der Waals surface area (Å²) in [6.45, 7) is 0. The number of thioether (sulfide) groups is 1. The maximum absolute atomic E-state index is 12.2. The van der Waals surface area contributed by atoms with Crippen LogP contribution in [0.5, 0.6) is 0 Å². The Bertz CT molecular complexity index is 584. The fraction of sp³-hybridized carbons (Fsp3) is 0.429. The van der Waals surface area contributed by atoms with E-state index in [0.29, 0.717) is 12.2 Å². The first-order chi connectivity index (χ1) is 8.75. The molecule has 2 aromatic rings. The van der Waals surface area contributed by atoms with Gasteiger partial charge in [-0.15, -0.1) is 0 Å². The molecule has 1 aromatic heterocycles. The molecule has 0 radical (unpaired) electrons. The number of carbonyl (C=O) groups is 1. The number of para-hydroxylation sites is 1. The Kier molecular flexibility index (Phi) is 3.12. The Morgan fingerprint density at radius 3 is 3.11 bits per heavy atom. The van der Waals surface area contributed by atoms with E-state index in [9.17, 15) is 4.79 Å². The molecule has 1 atom stereocenters. The molecule has 18 heavy (non-hydrogen) atoms. The number of nitrogens with zero attached hydrogens (tertiary/aromatic N) is 2. The second kappa shape index (κ2) is 4.76. The third kappa shape index (κ3) is 2.05. The van der Waals surface area contributed by atoms with Crippen LogP contribution in [0.15, 0.2) is 24.3 Å². The van der Waals surface area contributed by atoms with Gasteiger partial charge in [-0.05, 0) is 18.2 Å². The number of hydrogen-bond donors (Lipinski definition) is 0. The number of benzene rings is 1. The maximum atomic E-state index is 12.2. The van der Waals surface area contributed by atoms with E-state index in [1.165, 1.54) is 0 Å². The Labute approximate surface area is 111 Å². The Hall–Kier alpha value is -1.29. The van der Waals surface area contributed by atoms with E-state index in [1.807, 2.05) is 47.8 Å².